The van der Waals surface area contributed by atoms with E-state index in [1.165, 1.54) is 5.56 Å². The van der Waals surface area contributed by atoms with Crippen LogP contribution in [0.3, 0.4) is 0 Å². The molecule has 0 bridgehead atoms. The van der Waals surface area contributed by atoms with Crippen molar-refractivity contribution in [3.05, 3.63) is 93.7 Å². The SMILES string of the molecule is CCCCc1ccc([C@H](N[C@H](C(=O)NC(N)=O)c2ccccc2)c2cccs2)cc1. The Hall–Kier alpha value is -2.96. The highest BCUT2D eigenvalue weighted by molar-refractivity contribution is 7.10. The highest BCUT2D eigenvalue weighted by Crippen LogP contribution is 2.30. The number of hydrogen-bond acceptors (Lipinski definition) is 4. The summed E-state index contributed by atoms with van der Waals surface area (Å²) in [6, 6.07) is 20.1. The second-order valence-corrected chi connectivity index (χ2v) is 8.14. The monoisotopic (exact) mass is 421 g/mol. The lowest BCUT2D eigenvalue weighted by Crippen LogP contribution is -2.44. The van der Waals surface area contributed by atoms with E-state index in [4.69, 9.17) is 5.73 Å². The van der Waals surface area contributed by atoms with Gasteiger partial charge in [-0.05, 0) is 41.0 Å². The summed E-state index contributed by atoms with van der Waals surface area (Å²) in [5.41, 5.74) is 8.33. The number of urea groups is 1. The molecule has 6 heteroatoms. The van der Waals surface area contributed by atoms with Gasteiger partial charge in [-0.15, -0.1) is 11.3 Å². The quantitative estimate of drug-likeness (QED) is 0.468. The van der Waals surface area contributed by atoms with Gasteiger partial charge in [0.15, 0.2) is 0 Å². The topological polar surface area (TPSA) is 84.2 Å². The Kier molecular flexibility index (Phi) is 7.76. The first kappa shape index (κ1) is 21.7. The molecular formula is C24H27N3O2S. The van der Waals surface area contributed by atoms with Crippen molar-refractivity contribution in [3.63, 3.8) is 0 Å². The first-order valence-corrected chi connectivity index (χ1v) is 11.0. The highest BCUT2D eigenvalue weighted by atomic mass is 32.1. The number of aryl methyl sites for hydroxylation is 1. The summed E-state index contributed by atoms with van der Waals surface area (Å²) in [6.45, 7) is 2.19. The zero-order chi connectivity index (χ0) is 21.3. The van der Waals surface area contributed by atoms with Crippen molar-refractivity contribution in [3.8, 4) is 0 Å². The van der Waals surface area contributed by atoms with Gasteiger partial charge in [0.05, 0.1) is 6.04 Å². The summed E-state index contributed by atoms with van der Waals surface area (Å²) in [5, 5.41) is 7.68. The molecule has 0 aliphatic rings. The lowest BCUT2D eigenvalue weighted by molar-refractivity contribution is -0.122. The number of benzene rings is 2. The minimum Gasteiger partial charge on any atom is -0.351 e. The maximum absolute atomic E-state index is 12.8. The fraction of sp³-hybridized carbons (Fsp3) is 0.250. The Bertz CT molecular complexity index is 940. The van der Waals surface area contributed by atoms with Crippen molar-refractivity contribution in [1.82, 2.24) is 10.6 Å². The minimum atomic E-state index is -0.865. The smallest absolute Gasteiger partial charge is 0.318 e. The predicted molar refractivity (Wildman–Crippen MR) is 121 cm³/mol. The molecule has 0 spiro atoms. The second kappa shape index (κ2) is 10.7. The van der Waals surface area contributed by atoms with Crippen LogP contribution >= 0.6 is 11.3 Å². The van der Waals surface area contributed by atoms with E-state index in [0.717, 1.165) is 35.3 Å². The molecule has 156 valence electrons. The number of thiophene rings is 1. The van der Waals surface area contributed by atoms with Crippen LogP contribution in [0.15, 0.2) is 72.1 Å². The number of amides is 3. The fourth-order valence-corrected chi connectivity index (χ4v) is 4.20. The molecule has 0 unspecified atom stereocenters. The fourth-order valence-electron chi connectivity index (χ4n) is 3.38. The first-order valence-electron chi connectivity index (χ1n) is 10.1. The normalized spacial score (nSPS) is 12.8. The third-order valence-electron chi connectivity index (χ3n) is 4.93. The van der Waals surface area contributed by atoms with E-state index in [9.17, 15) is 9.59 Å². The summed E-state index contributed by atoms with van der Waals surface area (Å²) in [7, 11) is 0. The zero-order valence-corrected chi connectivity index (χ0v) is 17.8. The Balaban J connectivity index is 1.92. The molecule has 0 saturated carbocycles. The number of rotatable bonds is 9. The van der Waals surface area contributed by atoms with E-state index in [2.05, 4.69) is 41.8 Å². The molecule has 2 aromatic carbocycles. The van der Waals surface area contributed by atoms with Gasteiger partial charge in [-0.1, -0.05) is 74.0 Å². The van der Waals surface area contributed by atoms with Crippen LogP contribution in [-0.4, -0.2) is 11.9 Å². The maximum atomic E-state index is 12.8. The van der Waals surface area contributed by atoms with Gasteiger partial charge in [0.1, 0.15) is 6.04 Å². The van der Waals surface area contributed by atoms with Crippen molar-refractivity contribution in [2.24, 2.45) is 5.73 Å². The van der Waals surface area contributed by atoms with Gasteiger partial charge in [0.2, 0.25) is 5.91 Å². The van der Waals surface area contributed by atoms with E-state index < -0.39 is 18.0 Å². The van der Waals surface area contributed by atoms with Gasteiger partial charge < -0.3 is 5.73 Å². The van der Waals surface area contributed by atoms with E-state index in [1.807, 2.05) is 47.8 Å². The molecule has 3 rings (SSSR count). The molecule has 2 atom stereocenters. The van der Waals surface area contributed by atoms with Crippen LogP contribution in [0.2, 0.25) is 0 Å². The minimum absolute atomic E-state index is 0.200. The summed E-state index contributed by atoms with van der Waals surface area (Å²) in [4.78, 5) is 25.2. The van der Waals surface area contributed by atoms with Crippen molar-refractivity contribution >= 4 is 23.3 Å². The number of unbranched alkanes of at least 4 members (excludes halogenated alkanes) is 1. The van der Waals surface area contributed by atoms with Crippen LogP contribution in [-0.2, 0) is 11.2 Å². The van der Waals surface area contributed by atoms with Crippen molar-refractivity contribution in [1.29, 1.82) is 0 Å². The summed E-state index contributed by atoms with van der Waals surface area (Å²) >= 11 is 1.62. The number of carbonyl (C=O) groups is 2. The standard InChI is InChI=1S/C24H27N3O2S/c1-2-3-8-17-12-14-19(15-13-17)21(20-11-7-16-30-20)26-22(23(28)27-24(25)29)18-9-5-4-6-10-18/h4-7,9-16,21-22,26H,2-3,8H2,1H3,(H3,25,27,28,29)/t21-,22-/m0/s1. The van der Waals surface area contributed by atoms with Gasteiger partial charge in [-0.3, -0.25) is 15.4 Å². The number of carbonyl (C=O) groups excluding carboxylic acids is 2. The molecule has 5 nitrogen and oxygen atoms in total. The first-order chi connectivity index (χ1) is 14.6. The molecule has 0 aliphatic heterocycles. The van der Waals surface area contributed by atoms with Crippen LogP contribution in [0.5, 0.6) is 0 Å². The third kappa shape index (κ3) is 5.78. The number of nitrogens with one attached hydrogen (secondary N) is 2. The Morgan fingerprint density at radius 2 is 1.70 bits per heavy atom. The zero-order valence-electron chi connectivity index (χ0n) is 17.0. The molecular weight excluding hydrogens is 394 g/mol. The number of primary amides is 1. The van der Waals surface area contributed by atoms with Crippen molar-refractivity contribution in [2.45, 2.75) is 38.3 Å². The summed E-state index contributed by atoms with van der Waals surface area (Å²) in [6.07, 6.45) is 3.38. The number of nitrogens with two attached hydrogens (primary N) is 1. The van der Waals surface area contributed by atoms with Crippen LogP contribution in [0.4, 0.5) is 4.79 Å². The predicted octanol–water partition coefficient (Wildman–Crippen LogP) is 4.71. The molecule has 1 aromatic heterocycles. The van der Waals surface area contributed by atoms with Gasteiger partial charge >= 0.3 is 6.03 Å². The van der Waals surface area contributed by atoms with Gasteiger partial charge in [0.25, 0.3) is 0 Å². The molecule has 0 aliphatic carbocycles. The van der Waals surface area contributed by atoms with E-state index in [-0.39, 0.29) is 6.04 Å². The molecule has 3 amide bonds. The maximum Gasteiger partial charge on any atom is 0.318 e. The molecule has 0 fully saturated rings. The second-order valence-electron chi connectivity index (χ2n) is 7.16. The Morgan fingerprint density at radius 3 is 2.30 bits per heavy atom. The van der Waals surface area contributed by atoms with Gasteiger partial charge in [-0.25, -0.2) is 4.79 Å². The lowest BCUT2D eigenvalue weighted by Gasteiger charge is -2.25. The van der Waals surface area contributed by atoms with E-state index in [1.54, 1.807) is 11.3 Å². The van der Waals surface area contributed by atoms with E-state index in [0.29, 0.717) is 0 Å². The van der Waals surface area contributed by atoms with Crippen LogP contribution in [0.25, 0.3) is 0 Å². The van der Waals surface area contributed by atoms with Crippen molar-refractivity contribution < 1.29 is 9.59 Å². The van der Waals surface area contributed by atoms with Gasteiger partial charge in [0, 0.05) is 4.88 Å². The molecule has 1 heterocycles. The third-order valence-corrected chi connectivity index (χ3v) is 5.87. The Labute approximate surface area is 181 Å². The molecule has 30 heavy (non-hydrogen) atoms. The van der Waals surface area contributed by atoms with Crippen LogP contribution in [0.1, 0.15) is 53.4 Å². The van der Waals surface area contributed by atoms with Crippen LogP contribution < -0.4 is 16.4 Å². The molecule has 0 radical (unpaired) electrons. The average Bonchev–Trinajstić information content (AvgIpc) is 3.28. The lowest BCUT2D eigenvalue weighted by atomic mass is 9.98. The largest absolute Gasteiger partial charge is 0.351 e. The molecule has 4 N–H and O–H groups in total. The molecule has 3 aromatic rings. The summed E-state index contributed by atoms with van der Waals surface area (Å²) < 4.78 is 0. The van der Waals surface area contributed by atoms with Gasteiger partial charge in [-0.2, -0.15) is 0 Å². The number of hydrogen-bond donors (Lipinski definition) is 3. The summed E-state index contributed by atoms with van der Waals surface area (Å²) in [5.74, 6) is -0.477. The average molecular weight is 422 g/mol. The van der Waals surface area contributed by atoms with E-state index >= 15 is 0 Å². The van der Waals surface area contributed by atoms with Crippen LogP contribution in [0, 0.1) is 0 Å². The van der Waals surface area contributed by atoms with Crippen molar-refractivity contribution in [2.75, 3.05) is 0 Å². The highest BCUT2D eigenvalue weighted by Gasteiger charge is 2.27. The number of imide groups is 1. The Morgan fingerprint density at radius 1 is 0.967 bits per heavy atom. The molecule has 0 saturated heterocycles.